The highest BCUT2D eigenvalue weighted by molar-refractivity contribution is 6.31. The van der Waals surface area contributed by atoms with Gasteiger partial charge in [0.1, 0.15) is 12.4 Å². The number of likely N-dealkylation sites (N-methyl/N-ethyl adjacent to an activating group) is 1. The molecule has 0 bridgehead atoms. The van der Waals surface area contributed by atoms with Crippen LogP contribution in [-0.2, 0) is 17.9 Å². The Labute approximate surface area is 148 Å². The highest BCUT2D eigenvalue weighted by Gasteiger charge is 2.16. The minimum atomic E-state index is -0.475. The van der Waals surface area contributed by atoms with Gasteiger partial charge in [-0.1, -0.05) is 29.8 Å². The molecule has 3 aromatic rings. The van der Waals surface area contributed by atoms with Crippen LogP contribution in [0.25, 0.3) is 10.9 Å². The summed E-state index contributed by atoms with van der Waals surface area (Å²) in [6, 6.07) is 11.3. The van der Waals surface area contributed by atoms with E-state index in [-0.39, 0.29) is 35.1 Å². The minimum Gasteiger partial charge on any atom is -0.340 e. The number of carbonyl (C=O) groups excluding carboxylic acids is 1. The van der Waals surface area contributed by atoms with Crippen molar-refractivity contribution in [3.05, 3.63) is 75.5 Å². The van der Waals surface area contributed by atoms with Crippen LogP contribution in [0.4, 0.5) is 4.39 Å². The van der Waals surface area contributed by atoms with Crippen molar-refractivity contribution >= 4 is 28.4 Å². The molecule has 25 heavy (non-hydrogen) atoms. The quantitative estimate of drug-likeness (QED) is 0.719. The van der Waals surface area contributed by atoms with Gasteiger partial charge in [0.2, 0.25) is 5.91 Å². The number of hydrogen-bond acceptors (Lipinski definition) is 3. The molecule has 7 heteroatoms. The monoisotopic (exact) mass is 359 g/mol. The van der Waals surface area contributed by atoms with Crippen molar-refractivity contribution in [3.63, 3.8) is 0 Å². The Morgan fingerprint density at radius 2 is 2.00 bits per heavy atom. The third-order valence-electron chi connectivity index (χ3n) is 3.92. The number of benzene rings is 2. The van der Waals surface area contributed by atoms with Crippen molar-refractivity contribution in [2.24, 2.45) is 0 Å². The maximum Gasteiger partial charge on any atom is 0.261 e. The number of amides is 1. The highest BCUT2D eigenvalue weighted by atomic mass is 35.5. The van der Waals surface area contributed by atoms with Crippen LogP contribution in [0.2, 0.25) is 5.02 Å². The number of nitrogens with zero attached hydrogens (tertiary/aromatic N) is 3. The van der Waals surface area contributed by atoms with E-state index in [9.17, 15) is 14.0 Å². The van der Waals surface area contributed by atoms with Crippen LogP contribution in [0.15, 0.2) is 53.6 Å². The van der Waals surface area contributed by atoms with Gasteiger partial charge in [-0.2, -0.15) is 0 Å². The maximum absolute atomic E-state index is 13.9. The van der Waals surface area contributed by atoms with Crippen molar-refractivity contribution in [1.82, 2.24) is 14.5 Å². The Balaban J connectivity index is 1.80. The van der Waals surface area contributed by atoms with E-state index >= 15 is 0 Å². The lowest BCUT2D eigenvalue weighted by atomic mass is 10.2. The van der Waals surface area contributed by atoms with Crippen molar-refractivity contribution in [2.45, 2.75) is 13.1 Å². The first kappa shape index (κ1) is 17.1. The van der Waals surface area contributed by atoms with E-state index < -0.39 is 5.82 Å². The van der Waals surface area contributed by atoms with Crippen LogP contribution in [-0.4, -0.2) is 27.4 Å². The molecule has 3 rings (SSSR count). The predicted octanol–water partition coefficient (Wildman–Crippen LogP) is 2.85. The molecule has 0 aliphatic rings. The zero-order valence-corrected chi connectivity index (χ0v) is 14.2. The van der Waals surface area contributed by atoms with Gasteiger partial charge in [0.05, 0.1) is 17.2 Å². The van der Waals surface area contributed by atoms with Gasteiger partial charge < -0.3 is 4.90 Å². The molecule has 0 spiro atoms. The largest absolute Gasteiger partial charge is 0.340 e. The molecule has 0 radical (unpaired) electrons. The van der Waals surface area contributed by atoms with Crippen molar-refractivity contribution in [1.29, 1.82) is 0 Å². The molecule has 1 heterocycles. The summed E-state index contributed by atoms with van der Waals surface area (Å²) in [6.45, 7) is -0.167. The van der Waals surface area contributed by atoms with Crippen LogP contribution in [0, 0.1) is 5.82 Å². The highest BCUT2D eigenvalue weighted by Crippen LogP contribution is 2.20. The molecule has 0 saturated carbocycles. The summed E-state index contributed by atoms with van der Waals surface area (Å²) in [5.41, 5.74) is 0.517. The first-order valence-corrected chi connectivity index (χ1v) is 7.96. The second kappa shape index (κ2) is 7.03. The van der Waals surface area contributed by atoms with E-state index in [0.717, 1.165) is 0 Å². The van der Waals surface area contributed by atoms with E-state index in [0.29, 0.717) is 10.9 Å². The molecule has 128 valence electrons. The number of aromatic nitrogens is 2. The first-order valence-electron chi connectivity index (χ1n) is 7.58. The molecule has 0 unspecified atom stereocenters. The molecular weight excluding hydrogens is 345 g/mol. The molecule has 0 saturated heterocycles. The summed E-state index contributed by atoms with van der Waals surface area (Å²) in [4.78, 5) is 30.3. The second-order valence-corrected chi connectivity index (χ2v) is 6.05. The average Bonchev–Trinajstić information content (AvgIpc) is 2.60. The molecule has 1 aromatic heterocycles. The van der Waals surface area contributed by atoms with Gasteiger partial charge in [-0.05, 0) is 24.3 Å². The van der Waals surface area contributed by atoms with Crippen LogP contribution < -0.4 is 5.56 Å². The molecule has 2 aromatic carbocycles. The normalized spacial score (nSPS) is 10.8. The number of halogens is 2. The van der Waals surface area contributed by atoms with Gasteiger partial charge in [0.15, 0.2) is 0 Å². The third-order valence-corrected chi connectivity index (χ3v) is 4.27. The first-order chi connectivity index (χ1) is 12.0. The molecule has 0 fully saturated rings. The van der Waals surface area contributed by atoms with E-state index in [1.54, 1.807) is 30.3 Å². The molecule has 1 amide bonds. The third kappa shape index (κ3) is 3.53. The SMILES string of the molecule is CN(Cc1c(F)cccc1Cl)C(=O)Cn1cnc2ccccc2c1=O. The lowest BCUT2D eigenvalue weighted by Gasteiger charge is -2.19. The topological polar surface area (TPSA) is 55.2 Å². The van der Waals surface area contributed by atoms with E-state index in [1.807, 2.05) is 0 Å². The summed E-state index contributed by atoms with van der Waals surface area (Å²) >= 11 is 5.99. The molecule has 5 nitrogen and oxygen atoms in total. The summed E-state index contributed by atoms with van der Waals surface area (Å²) < 4.78 is 15.1. The Hall–Kier alpha value is -2.73. The molecular formula is C18H15ClFN3O2. The summed E-state index contributed by atoms with van der Waals surface area (Å²) in [7, 11) is 1.53. The van der Waals surface area contributed by atoms with Gasteiger partial charge >= 0.3 is 0 Å². The second-order valence-electron chi connectivity index (χ2n) is 5.64. The number of rotatable bonds is 4. The fourth-order valence-electron chi connectivity index (χ4n) is 2.49. The lowest BCUT2D eigenvalue weighted by molar-refractivity contribution is -0.131. The summed E-state index contributed by atoms with van der Waals surface area (Å²) in [5.74, 6) is -0.824. The van der Waals surface area contributed by atoms with E-state index in [4.69, 9.17) is 11.6 Å². The lowest BCUT2D eigenvalue weighted by Crippen LogP contribution is -2.34. The van der Waals surface area contributed by atoms with E-state index in [1.165, 1.54) is 35.0 Å². The Bertz CT molecular complexity index is 983. The van der Waals surface area contributed by atoms with Crippen LogP contribution in [0.5, 0.6) is 0 Å². The molecule has 0 aliphatic heterocycles. The smallest absolute Gasteiger partial charge is 0.261 e. The van der Waals surface area contributed by atoms with Crippen molar-refractivity contribution in [3.8, 4) is 0 Å². The minimum absolute atomic E-state index is 0.0140. The molecule has 0 N–H and O–H groups in total. The summed E-state index contributed by atoms with van der Waals surface area (Å²) in [5, 5.41) is 0.696. The molecule has 0 atom stereocenters. The Morgan fingerprint density at radius 3 is 2.76 bits per heavy atom. The van der Waals surface area contributed by atoms with Gasteiger partial charge in [-0.25, -0.2) is 9.37 Å². The number of hydrogen-bond donors (Lipinski definition) is 0. The number of para-hydroxylation sites is 1. The fourth-order valence-corrected chi connectivity index (χ4v) is 2.72. The summed E-state index contributed by atoms with van der Waals surface area (Å²) in [6.07, 6.45) is 1.34. The zero-order valence-electron chi connectivity index (χ0n) is 13.4. The van der Waals surface area contributed by atoms with Crippen LogP contribution >= 0.6 is 11.6 Å². The van der Waals surface area contributed by atoms with Crippen LogP contribution in [0.3, 0.4) is 0 Å². The standard InChI is InChI=1S/C18H15ClFN3O2/c1-22(9-13-14(19)6-4-7-15(13)20)17(24)10-23-11-21-16-8-3-2-5-12(16)18(23)25/h2-8,11H,9-10H2,1H3. The van der Waals surface area contributed by atoms with Crippen LogP contribution in [0.1, 0.15) is 5.56 Å². The number of fused-ring (bicyclic) bond motifs is 1. The fraction of sp³-hybridized carbons (Fsp3) is 0.167. The van der Waals surface area contributed by atoms with Gasteiger partial charge in [-0.3, -0.25) is 14.2 Å². The Kier molecular flexibility index (Phi) is 4.81. The van der Waals surface area contributed by atoms with E-state index in [2.05, 4.69) is 4.98 Å². The average molecular weight is 360 g/mol. The zero-order chi connectivity index (χ0) is 18.0. The van der Waals surface area contributed by atoms with Crippen molar-refractivity contribution < 1.29 is 9.18 Å². The van der Waals surface area contributed by atoms with Crippen molar-refractivity contribution in [2.75, 3.05) is 7.05 Å². The number of carbonyl (C=O) groups is 1. The van der Waals surface area contributed by atoms with Gasteiger partial charge in [0, 0.05) is 24.2 Å². The van der Waals surface area contributed by atoms with Gasteiger partial charge in [-0.15, -0.1) is 0 Å². The maximum atomic E-state index is 13.9. The molecule has 0 aliphatic carbocycles. The van der Waals surface area contributed by atoms with Gasteiger partial charge in [0.25, 0.3) is 5.56 Å². The Morgan fingerprint density at radius 1 is 1.24 bits per heavy atom. The predicted molar refractivity (Wildman–Crippen MR) is 93.9 cm³/mol.